The van der Waals surface area contributed by atoms with Crippen LogP contribution in [0.1, 0.15) is 29.6 Å². The first-order valence-electron chi connectivity index (χ1n) is 5.62. The molecule has 0 bridgehead atoms. The van der Waals surface area contributed by atoms with Crippen LogP contribution >= 0.6 is 0 Å². The molecule has 2 rings (SSSR count). The van der Waals surface area contributed by atoms with Gasteiger partial charge in [-0.3, -0.25) is 4.79 Å². The molecule has 0 heterocycles. The Morgan fingerprint density at radius 3 is 2.42 bits per heavy atom. The summed E-state index contributed by atoms with van der Waals surface area (Å²) in [4.78, 5) is 10.7. The van der Waals surface area contributed by atoms with Gasteiger partial charge in [-0.2, -0.15) is 0 Å². The van der Waals surface area contributed by atoms with Gasteiger partial charge in [0.2, 0.25) is 10.0 Å². The zero-order chi connectivity index (χ0) is 14.2. The highest BCUT2D eigenvalue weighted by atomic mass is 32.2. The summed E-state index contributed by atoms with van der Waals surface area (Å²) in [6.07, 6.45) is 2.49. The number of carbonyl (C=O) groups is 1. The quantitative estimate of drug-likeness (QED) is 0.866. The molecule has 1 aliphatic rings. The molecule has 0 aromatic heterocycles. The molecule has 0 aliphatic heterocycles. The second-order valence-electron chi connectivity index (χ2n) is 4.41. The molecule has 0 atom stereocenters. The summed E-state index contributed by atoms with van der Waals surface area (Å²) in [5, 5.41) is 7.27. The van der Waals surface area contributed by atoms with Crippen LogP contribution in [0.15, 0.2) is 17.0 Å². The van der Waals surface area contributed by atoms with Crippen molar-refractivity contribution in [3.05, 3.63) is 29.3 Å². The van der Waals surface area contributed by atoms with E-state index >= 15 is 0 Å². The molecule has 3 N–H and O–H groups in total. The lowest BCUT2D eigenvalue weighted by Crippen LogP contribution is -2.40. The lowest BCUT2D eigenvalue weighted by Gasteiger charge is -2.26. The Kier molecular flexibility index (Phi) is 3.55. The average Bonchev–Trinajstić information content (AvgIpc) is 2.24. The molecule has 1 saturated carbocycles. The van der Waals surface area contributed by atoms with Gasteiger partial charge in [-0.25, -0.2) is 22.3 Å². The van der Waals surface area contributed by atoms with Crippen molar-refractivity contribution < 1.29 is 22.0 Å². The highest BCUT2D eigenvalue weighted by Gasteiger charge is 2.26. The van der Waals surface area contributed by atoms with Gasteiger partial charge in [0.05, 0.1) is 5.56 Å². The number of primary sulfonamides is 1. The summed E-state index contributed by atoms with van der Waals surface area (Å²) in [5.41, 5.74) is -0.657. The number of hydrogen-bond donors (Lipinski definition) is 2. The molecule has 1 amide bonds. The monoisotopic (exact) mass is 290 g/mol. The molecule has 0 radical (unpaired) electrons. The van der Waals surface area contributed by atoms with Crippen LogP contribution in [-0.2, 0) is 10.0 Å². The molecule has 104 valence electrons. The minimum Gasteiger partial charge on any atom is -0.349 e. The van der Waals surface area contributed by atoms with E-state index in [0.29, 0.717) is 12.1 Å². The van der Waals surface area contributed by atoms with E-state index in [0.717, 1.165) is 19.3 Å². The van der Waals surface area contributed by atoms with E-state index < -0.39 is 38.0 Å². The smallest absolute Gasteiger partial charge is 0.254 e. The van der Waals surface area contributed by atoms with Crippen molar-refractivity contribution >= 4 is 15.9 Å². The zero-order valence-electron chi connectivity index (χ0n) is 9.82. The van der Waals surface area contributed by atoms with Crippen molar-refractivity contribution in [2.45, 2.75) is 30.2 Å². The minimum absolute atomic E-state index is 0.0758. The third kappa shape index (κ3) is 2.90. The summed E-state index contributed by atoms with van der Waals surface area (Å²) in [5.74, 6) is -3.21. The first kappa shape index (κ1) is 13.9. The van der Waals surface area contributed by atoms with Crippen molar-refractivity contribution in [2.75, 3.05) is 0 Å². The van der Waals surface area contributed by atoms with E-state index in [2.05, 4.69) is 5.32 Å². The van der Waals surface area contributed by atoms with Gasteiger partial charge in [-0.15, -0.1) is 0 Å². The van der Waals surface area contributed by atoms with Crippen molar-refractivity contribution in [1.82, 2.24) is 5.32 Å². The number of nitrogens with one attached hydrogen (secondary N) is 1. The number of rotatable bonds is 3. The van der Waals surface area contributed by atoms with Gasteiger partial charge in [0.25, 0.3) is 5.91 Å². The lowest BCUT2D eigenvalue weighted by atomic mass is 9.93. The van der Waals surface area contributed by atoms with Crippen LogP contribution in [0.4, 0.5) is 8.78 Å². The van der Waals surface area contributed by atoms with Gasteiger partial charge in [-0.1, -0.05) is 0 Å². The van der Waals surface area contributed by atoms with E-state index in [1.807, 2.05) is 0 Å². The van der Waals surface area contributed by atoms with E-state index in [9.17, 15) is 22.0 Å². The molecule has 0 unspecified atom stereocenters. The van der Waals surface area contributed by atoms with E-state index in [1.54, 1.807) is 0 Å². The molecule has 0 saturated heterocycles. The first-order valence-corrected chi connectivity index (χ1v) is 7.16. The van der Waals surface area contributed by atoms with Crippen LogP contribution in [0, 0.1) is 11.6 Å². The Labute approximate surface area is 108 Å². The molecule has 8 heteroatoms. The van der Waals surface area contributed by atoms with Crippen molar-refractivity contribution in [2.24, 2.45) is 5.14 Å². The number of amides is 1. The first-order chi connectivity index (χ1) is 8.79. The predicted molar refractivity (Wildman–Crippen MR) is 62.8 cm³/mol. The second kappa shape index (κ2) is 4.86. The highest BCUT2D eigenvalue weighted by Crippen LogP contribution is 2.22. The Morgan fingerprint density at radius 2 is 1.95 bits per heavy atom. The van der Waals surface area contributed by atoms with Crippen molar-refractivity contribution in [1.29, 1.82) is 0 Å². The Morgan fingerprint density at radius 1 is 1.32 bits per heavy atom. The standard InChI is InChI=1S/C11H12F2N2O3S/c12-6-4-8(11(16)15-7-2-1-3-7)10(13)9(5-6)19(14,17)18/h4-5,7H,1-3H2,(H,15,16)(H2,14,17,18). The number of carbonyl (C=O) groups excluding carboxylic acids is 1. The second-order valence-corrected chi connectivity index (χ2v) is 5.94. The molecular formula is C11H12F2N2O3S. The number of benzene rings is 1. The highest BCUT2D eigenvalue weighted by molar-refractivity contribution is 7.89. The van der Waals surface area contributed by atoms with Gasteiger partial charge in [0.1, 0.15) is 10.7 Å². The average molecular weight is 290 g/mol. The number of hydrogen-bond acceptors (Lipinski definition) is 3. The molecule has 19 heavy (non-hydrogen) atoms. The molecular weight excluding hydrogens is 278 g/mol. The SMILES string of the molecule is NS(=O)(=O)c1cc(F)cc(C(=O)NC2CCC2)c1F. The third-order valence-electron chi connectivity index (χ3n) is 3.00. The van der Waals surface area contributed by atoms with Crippen LogP contribution < -0.4 is 10.5 Å². The van der Waals surface area contributed by atoms with Crippen LogP contribution in [0.2, 0.25) is 0 Å². The molecule has 1 aromatic rings. The van der Waals surface area contributed by atoms with Crippen LogP contribution in [0.3, 0.4) is 0 Å². The fraction of sp³-hybridized carbons (Fsp3) is 0.364. The summed E-state index contributed by atoms with van der Waals surface area (Å²) < 4.78 is 49.4. The molecule has 0 spiro atoms. The Balaban J connectivity index is 2.39. The summed E-state index contributed by atoms with van der Waals surface area (Å²) in [6, 6.07) is 1.02. The maximum atomic E-state index is 13.9. The van der Waals surface area contributed by atoms with Crippen molar-refractivity contribution in [3.63, 3.8) is 0 Å². The maximum absolute atomic E-state index is 13.9. The fourth-order valence-corrected chi connectivity index (χ4v) is 2.39. The third-order valence-corrected chi connectivity index (χ3v) is 3.91. The van der Waals surface area contributed by atoms with Crippen molar-refractivity contribution in [3.8, 4) is 0 Å². The van der Waals surface area contributed by atoms with Crippen LogP contribution in [0.25, 0.3) is 0 Å². The van der Waals surface area contributed by atoms with Crippen LogP contribution in [0.5, 0.6) is 0 Å². The van der Waals surface area contributed by atoms with Gasteiger partial charge >= 0.3 is 0 Å². The lowest BCUT2D eigenvalue weighted by molar-refractivity contribution is 0.0911. The van der Waals surface area contributed by atoms with Gasteiger partial charge in [-0.05, 0) is 31.4 Å². The van der Waals surface area contributed by atoms with E-state index in [4.69, 9.17) is 5.14 Å². The molecule has 5 nitrogen and oxygen atoms in total. The van der Waals surface area contributed by atoms with E-state index in [-0.39, 0.29) is 6.04 Å². The summed E-state index contributed by atoms with van der Waals surface area (Å²) in [7, 11) is -4.43. The predicted octanol–water partition coefficient (Wildman–Crippen LogP) is 0.895. The summed E-state index contributed by atoms with van der Waals surface area (Å²) in [6.45, 7) is 0. The normalized spacial score (nSPS) is 15.9. The fourth-order valence-electron chi connectivity index (χ4n) is 1.75. The number of halogens is 2. The zero-order valence-corrected chi connectivity index (χ0v) is 10.6. The molecule has 1 fully saturated rings. The number of sulfonamides is 1. The topological polar surface area (TPSA) is 89.3 Å². The van der Waals surface area contributed by atoms with Crippen LogP contribution in [-0.4, -0.2) is 20.4 Å². The largest absolute Gasteiger partial charge is 0.349 e. The Hall–Kier alpha value is -1.54. The maximum Gasteiger partial charge on any atom is 0.254 e. The summed E-state index contributed by atoms with van der Waals surface area (Å²) >= 11 is 0. The Bertz CT molecular complexity index is 627. The minimum atomic E-state index is -4.43. The van der Waals surface area contributed by atoms with Gasteiger partial charge in [0.15, 0.2) is 5.82 Å². The van der Waals surface area contributed by atoms with E-state index in [1.165, 1.54) is 0 Å². The molecule has 1 aliphatic carbocycles. The van der Waals surface area contributed by atoms with Gasteiger partial charge in [0, 0.05) is 6.04 Å². The number of nitrogens with two attached hydrogens (primary N) is 1. The molecule has 1 aromatic carbocycles. The van der Waals surface area contributed by atoms with Gasteiger partial charge < -0.3 is 5.32 Å².